The average Bonchev–Trinajstić information content (AvgIpc) is 2.38. The van der Waals surface area contributed by atoms with E-state index in [9.17, 15) is 9.46 Å². The van der Waals surface area contributed by atoms with Crippen LogP contribution in [0.3, 0.4) is 0 Å². The van der Waals surface area contributed by atoms with Gasteiger partial charge in [-0.05, 0) is 12.8 Å². The summed E-state index contributed by atoms with van der Waals surface area (Å²) < 4.78 is 12.0. The van der Waals surface area contributed by atoms with Gasteiger partial charge >= 0.3 is 0 Å². The number of hydrogen-bond donors (Lipinski definition) is 0. The summed E-state index contributed by atoms with van der Waals surface area (Å²) in [6.07, 6.45) is 1.77. The molecule has 1 rings (SSSR count). The molecule has 0 aliphatic carbocycles. The first-order chi connectivity index (χ1) is 4.67. The van der Waals surface area contributed by atoms with E-state index in [-0.39, 0.29) is 0 Å². The minimum atomic E-state index is -3.83. The van der Waals surface area contributed by atoms with Crippen molar-refractivity contribution in [3.8, 4) is 5.81 Å². The third-order valence-corrected chi connectivity index (χ3v) is 2.98. The molecule has 1 saturated heterocycles. The van der Waals surface area contributed by atoms with Crippen LogP contribution in [-0.4, -0.2) is 17.8 Å². The van der Waals surface area contributed by atoms with Crippen LogP contribution in [0.4, 0.5) is 0 Å². The molecule has 0 aromatic rings. The minimum absolute atomic E-state index is 0.522. The minimum Gasteiger partial charge on any atom is -0.777 e. The largest absolute Gasteiger partial charge is 0.777 e. The third-order valence-electron chi connectivity index (χ3n) is 1.58. The van der Waals surface area contributed by atoms with Gasteiger partial charge in [0.2, 0.25) is 0 Å². The number of nitriles is 1. The lowest BCUT2D eigenvalue weighted by atomic mass is 10.4. The van der Waals surface area contributed by atoms with Gasteiger partial charge in [-0.25, -0.2) is 0 Å². The molecule has 10 heavy (non-hydrogen) atoms. The van der Waals surface area contributed by atoms with Crippen LogP contribution >= 0.6 is 7.52 Å². The molecule has 0 bridgehead atoms. The summed E-state index contributed by atoms with van der Waals surface area (Å²) in [4.78, 5) is 10.8. The van der Waals surface area contributed by atoms with Crippen LogP contribution in [-0.2, 0) is 4.57 Å². The summed E-state index contributed by atoms with van der Waals surface area (Å²) in [5, 5.41) is 8.19. The van der Waals surface area contributed by atoms with Crippen molar-refractivity contribution in [3.63, 3.8) is 0 Å². The zero-order valence-electron chi connectivity index (χ0n) is 5.49. The van der Waals surface area contributed by atoms with Crippen molar-refractivity contribution < 1.29 is 9.46 Å². The Morgan fingerprint density at radius 1 is 1.50 bits per heavy atom. The second-order valence-corrected chi connectivity index (χ2v) is 4.09. The van der Waals surface area contributed by atoms with Gasteiger partial charge in [0.05, 0.1) is 0 Å². The van der Waals surface area contributed by atoms with Crippen LogP contribution in [0.2, 0.25) is 0 Å². The molecule has 1 heterocycles. The highest BCUT2D eigenvalue weighted by atomic mass is 31.2. The van der Waals surface area contributed by atoms with E-state index in [2.05, 4.69) is 0 Å². The molecule has 0 aromatic heterocycles. The first-order valence-electron chi connectivity index (χ1n) is 3.14. The van der Waals surface area contributed by atoms with Crippen LogP contribution in [0.5, 0.6) is 0 Å². The van der Waals surface area contributed by atoms with Crippen molar-refractivity contribution in [1.29, 1.82) is 5.26 Å². The number of rotatable bonds is 1. The molecule has 0 saturated carbocycles. The van der Waals surface area contributed by atoms with Crippen molar-refractivity contribution >= 4 is 7.52 Å². The van der Waals surface area contributed by atoms with E-state index in [0.29, 0.717) is 13.1 Å². The standard InChI is InChI=1S/C5H9N2O2P/c6-5-10(8,9)7-3-1-2-4-7/h1-4H2,(H,8,9)/p-1. The summed E-state index contributed by atoms with van der Waals surface area (Å²) in [5.74, 6) is 1.31. The van der Waals surface area contributed by atoms with Gasteiger partial charge in [-0.15, -0.1) is 0 Å². The maximum absolute atomic E-state index is 10.8. The first-order valence-corrected chi connectivity index (χ1v) is 4.72. The zero-order valence-corrected chi connectivity index (χ0v) is 6.38. The Hall–Kier alpha value is -0.360. The summed E-state index contributed by atoms with van der Waals surface area (Å²) >= 11 is 0. The van der Waals surface area contributed by atoms with E-state index >= 15 is 0 Å². The highest BCUT2D eigenvalue weighted by Gasteiger charge is 2.21. The summed E-state index contributed by atoms with van der Waals surface area (Å²) in [5.41, 5.74) is 0. The smallest absolute Gasteiger partial charge is 0.179 e. The van der Waals surface area contributed by atoms with Gasteiger partial charge in [-0.2, -0.15) is 5.26 Å². The Kier molecular flexibility index (Phi) is 2.10. The van der Waals surface area contributed by atoms with Crippen LogP contribution in [0.25, 0.3) is 0 Å². The monoisotopic (exact) mass is 159 g/mol. The Bertz CT molecular complexity index is 204. The van der Waals surface area contributed by atoms with Crippen LogP contribution in [0.15, 0.2) is 0 Å². The predicted molar refractivity (Wildman–Crippen MR) is 34.0 cm³/mol. The lowest BCUT2D eigenvalue weighted by Crippen LogP contribution is -2.21. The van der Waals surface area contributed by atoms with Gasteiger partial charge in [-0.1, -0.05) is 0 Å². The first kappa shape index (κ1) is 7.74. The van der Waals surface area contributed by atoms with E-state index in [1.807, 2.05) is 0 Å². The van der Waals surface area contributed by atoms with Crippen molar-refractivity contribution in [2.45, 2.75) is 12.8 Å². The van der Waals surface area contributed by atoms with E-state index in [1.165, 1.54) is 10.5 Å². The molecule has 1 atom stereocenters. The molecule has 1 aliphatic heterocycles. The molecule has 0 aromatic carbocycles. The topological polar surface area (TPSA) is 67.2 Å². The van der Waals surface area contributed by atoms with Gasteiger partial charge in [-0.3, -0.25) is 4.67 Å². The van der Waals surface area contributed by atoms with Gasteiger partial charge in [0.1, 0.15) is 5.81 Å². The second kappa shape index (κ2) is 2.71. The van der Waals surface area contributed by atoms with Crippen molar-refractivity contribution in [3.05, 3.63) is 0 Å². The SMILES string of the molecule is N#CP(=O)([O-])N1CCCC1. The van der Waals surface area contributed by atoms with Crippen molar-refractivity contribution in [2.24, 2.45) is 0 Å². The normalized spacial score (nSPS) is 25.6. The Morgan fingerprint density at radius 3 is 2.40 bits per heavy atom. The molecule has 1 fully saturated rings. The fourth-order valence-electron chi connectivity index (χ4n) is 1.03. The molecular weight excluding hydrogens is 151 g/mol. The lowest BCUT2D eigenvalue weighted by Gasteiger charge is -2.25. The van der Waals surface area contributed by atoms with Crippen LogP contribution in [0, 0.1) is 11.1 Å². The van der Waals surface area contributed by atoms with Gasteiger partial charge < -0.3 is 9.46 Å². The second-order valence-electron chi connectivity index (χ2n) is 2.28. The molecule has 1 aliphatic rings. The molecule has 0 spiro atoms. The fourth-order valence-corrected chi connectivity index (χ4v) is 1.96. The molecule has 5 heteroatoms. The number of nitrogens with zero attached hydrogens (tertiary/aromatic N) is 2. The van der Waals surface area contributed by atoms with Crippen molar-refractivity contribution in [1.82, 2.24) is 4.67 Å². The van der Waals surface area contributed by atoms with Crippen LogP contribution in [0.1, 0.15) is 12.8 Å². The van der Waals surface area contributed by atoms with E-state index < -0.39 is 7.52 Å². The fraction of sp³-hybridized carbons (Fsp3) is 0.800. The van der Waals surface area contributed by atoms with E-state index in [1.54, 1.807) is 0 Å². The number of hydrogen-bond acceptors (Lipinski definition) is 3. The third kappa shape index (κ3) is 1.38. The van der Waals surface area contributed by atoms with Gasteiger partial charge in [0.15, 0.2) is 7.52 Å². The molecule has 0 amide bonds. The Morgan fingerprint density at radius 2 is 2.00 bits per heavy atom. The highest BCUT2D eigenvalue weighted by Crippen LogP contribution is 2.40. The predicted octanol–water partition coefficient (Wildman–Crippen LogP) is 0.117. The molecular formula is C5H8N2O2P-. The van der Waals surface area contributed by atoms with E-state index in [4.69, 9.17) is 5.26 Å². The van der Waals surface area contributed by atoms with Crippen molar-refractivity contribution in [2.75, 3.05) is 13.1 Å². The quantitative estimate of drug-likeness (QED) is 0.509. The molecule has 4 nitrogen and oxygen atoms in total. The van der Waals surface area contributed by atoms with E-state index in [0.717, 1.165) is 12.8 Å². The van der Waals surface area contributed by atoms with Crippen LogP contribution < -0.4 is 4.89 Å². The zero-order chi connectivity index (χ0) is 7.61. The molecule has 0 N–H and O–H groups in total. The average molecular weight is 159 g/mol. The maximum Gasteiger partial charge on any atom is 0.179 e. The Labute approximate surface area is 59.6 Å². The summed E-state index contributed by atoms with van der Waals surface area (Å²) in [6, 6.07) is 0. The Balaban J connectivity index is 2.65. The molecule has 1 unspecified atom stereocenters. The summed E-state index contributed by atoms with van der Waals surface area (Å²) in [7, 11) is -3.83. The van der Waals surface area contributed by atoms with Gasteiger partial charge in [0.25, 0.3) is 0 Å². The van der Waals surface area contributed by atoms with Gasteiger partial charge in [0, 0.05) is 13.1 Å². The molecule has 56 valence electrons. The highest BCUT2D eigenvalue weighted by molar-refractivity contribution is 7.59. The summed E-state index contributed by atoms with van der Waals surface area (Å²) in [6.45, 7) is 1.04. The lowest BCUT2D eigenvalue weighted by molar-refractivity contribution is -0.182. The maximum atomic E-state index is 10.8. The molecule has 0 radical (unpaired) electrons.